The summed E-state index contributed by atoms with van der Waals surface area (Å²) in [5.74, 6) is 1.63. The average Bonchev–Trinajstić information content (AvgIpc) is 2.39. The van der Waals surface area contributed by atoms with E-state index in [1.807, 2.05) is 0 Å². The lowest BCUT2D eigenvalue weighted by Crippen LogP contribution is -2.48. The molecule has 3 unspecified atom stereocenters. The normalized spacial score (nSPS) is 26.3. The fourth-order valence-electron chi connectivity index (χ4n) is 3.44. The predicted molar refractivity (Wildman–Crippen MR) is 82.1 cm³/mol. The molecule has 1 aliphatic rings. The Balaban J connectivity index is 1.89. The SMILES string of the molecule is CC1CC(C)CN(C(CN)CCc2ccccc2)C1. The van der Waals surface area contributed by atoms with Gasteiger partial charge >= 0.3 is 0 Å². The van der Waals surface area contributed by atoms with Gasteiger partial charge in [0.1, 0.15) is 0 Å². The van der Waals surface area contributed by atoms with E-state index in [9.17, 15) is 0 Å². The summed E-state index contributed by atoms with van der Waals surface area (Å²) in [5, 5.41) is 0. The first-order chi connectivity index (χ1) is 9.19. The van der Waals surface area contributed by atoms with E-state index >= 15 is 0 Å². The van der Waals surface area contributed by atoms with E-state index in [1.54, 1.807) is 0 Å². The number of piperidine rings is 1. The van der Waals surface area contributed by atoms with Gasteiger partial charge in [-0.1, -0.05) is 44.2 Å². The summed E-state index contributed by atoms with van der Waals surface area (Å²) in [5.41, 5.74) is 7.45. The number of likely N-dealkylation sites (tertiary alicyclic amines) is 1. The molecule has 2 nitrogen and oxygen atoms in total. The molecule has 1 aromatic rings. The molecule has 0 aliphatic carbocycles. The van der Waals surface area contributed by atoms with Gasteiger partial charge in [0.15, 0.2) is 0 Å². The maximum Gasteiger partial charge on any atom is 0.0221 e. The highest BCUT2D eigenvalue weighted by Gasteiger charge is 2.26. The van der Waals surface area contributed by atoms with Gasteiger partial charge in [0.25, 0.3) is 0 Å². The third-order valence-corrected chi connectivity index (χ3v) is 4.29. The molecule has 1 aromatic carbocycles. The van der Waals surface area contributed by atoms with Crippen molar-refractivity contribution in [2.45, 2.75) is 39.2 Å². The van der Waals surface area contributed by atoms with Gasteiger partial charge in [0.05, 0.1) is 0 Å². The van der Waals surface area contributed by atoms with E-state index in [2.05, 4.69) is 49.1 Å². The molecule has 2 N–H and O–H groups in total. The Labute approximate surface area is 118 Å². The van der Waals surface area contributed by atoms with Crippen LogP contribution in [-0.4, -0.2) is 30.6 Å². The fraction of sp³-hybridized carbons (Fsp3) is 0.647. The van der Waals surface area contributed by atoms with Crippen LogP contribution in [0.1, 0.15) is 32.3 Å². The topological polar surface area (TPSA) is 29.3 Å². The number of hydrogen-bond donors (Lipinski definition) is 1. The summed E-state index contributed by atoms with van der Waals surface area (Å²) in [6, 6.07) is 11.3. The van der Waals surface area contributed by atoms with Gasteiger partial charge in [-0.3, -0.25) is 4.90 Å². The molecule has 0 saturated carbocycles. The van der Waals surface area contributed by atoms with E-state index in [4.69, 9.17) is 5.73 Å². The molecule has 3 atom stereocenters. The summed E-state index contributed by atoms with van der Waals surface area (Å²) < 4.78 is 0. The van der Waals surface area contributed by atoms with Crippen molar-refractivity contribution in [1.29, 1.82) is 0 Å². The van der Waals surface area contributed by atoms with E-state index in [0.717, 1.165) is 24.8 Å². The van der Waals surface area contributed by atoms with E-state index in [0.29, 0.717) is 6.04 Å². The number of nitrogens with zero attached hydrogens (tertiary/aromatic N) is 1. The van der Waals surface area contributed by atoms with Crippen molar-refractivity contribution in [1.82, 2.24) is 4.90 Å². The van der Waals surface area contributed by atoms with Crippen molar-refractivity contribution in [2.24, 2.45) is 17.6 Å². The molecule has 0 aromatic heterocycles. The van der Waals surface area contributed by atoms with Crippen molar-refractivity contribution < 1.29 is 0 Å². The van der Waals surface area contributed by atoms with Gasteiger partial charge < -0.3 is 5.73 Å². The van der Waals surface area contributed by atoms with Crippen LogP contribution in [-0.2, 0) is 6.42 Å². The lowest BCUT2D eigenvalue weighted by molar-refractivity contribution is 0.0943. The highest BCUT2D eigenvalue weighted by atomic mass is 15.2. The third-order valence-electron chi connectivity index (χ3n) is 4.29. The number of hydrogen-bond acceptors (Lipinski definition) is 2. The van der Waals surface area contributed by atoms with Crippen molar-refractivity contribution in [2.75, 3.05) is 19.6 Å². The monoisotopic (exact) mass is 260 g/mol. The molecule has 1 saturated heterocycles. The van der Waals surface area contributed by atoms with Crippen molar-refractivity contribution in [3.05, 3.63) is 35.9 Å². The van der Waals surface area contributed by atoms with E-state index in [1.165, 1.54) is 31.5 Å². The van der Waals surface area contributed by atoms with E-state index in [-0.39, 0.29) is 0 Å². The first-order valence-corrected chi connectivity index (χ1v) is 7.67. The Morgan fingerprint density at radius 2 is 1.79 bits per heavy atom. The maximum atomic E-state index is 6.02. The van der Waals surface area contributed by atoms with Gasteiger partial charge in [-0.05, 0) is 36.7 Å². The van der Waals surface area contributed by atoms with Crippen LogP contribution in [0.3, 0.4) is 0 Å². The molecule has 0 radical (unpaired) electrons. The molecule has 1 heterocycles. The van der Waals surface area contributed by atoms with Gasteiger partial charge in [0.2, 0.25) is 0 Å². The molecule has 106 valence electrons. The molecule has 1 aliphatic heterocycles. The third kappa shape index (κ3) is 4.32. The second-order valence-electron chi connectivity index (χ2n) is 6.31. The smallest absolute Gasteiger partial charge is 0.0221 e. The van der Waals surface area contributed by atoms with Gasteiger partial charge in [-0.2, -0.15) is 0 Å². The van der Waals surface area contributed by atoms with Crippen LogP contribution in [0.2, 0.25) is 0 Å². The molecular weight excluding hydrogens is 232 g/mol. The highest BCUT2D eigenvalue weighted by Crippen LogP contribution is 2.23. The maximum absolute atomic E-state index is 6.02. The highest BCUT2D eigenvalue weighted by molar-refractivity contribution is 5.14. The summed E-state index contributed by atoms with van der Waals surface area (Å²) in [6.07, 6.45) is 3.69. The molecule has 2 rings (SSSR count). The van der Waals surface area contributed by atoms with Crippen LogP contribution in [0.4, 0.5) is 0 Å². The first kappa shape index (κ1) is 14.5. The number of benzene rings is 1. The zero-order valence-electron chi connectivity index (χ0n) is 12.4. The summed E-state index contributed by atoms with van der Waals surface area (Å²) in [7, 11) is 0. The van der Waals surface area contributed by atoms with Crippen molar-refractivity contribution in [3.8, 4) is 0 Å². The number of rotatable bonds is 5. The van der Waals surface area contributed by atoms with Crippen molar-refractivity contribution in [3.63, 3.8) is 0 Å². The molecular formula is C17H28N2. The zero-order valence-corrected chi connectivity index (χ0v) is 12.4. The Morgan fingerprint density at radius 1 is 1.16 bits per heavy atom. The molecule has 0 amide bonds. The number of nitrogens with two attached hydrogens (primary N) is 1. The minimum atomic E-state index is 0.547. The molecule has 0 spiro atoms. The quantitative estimate of drug-likeness (QED) is 0.882. The lowest BCUT2D eigenvalue weighted by atomic mass is 9.90. The second-order valence-corrected chi connectivity index (χ2v) is 6.31. The number of aryl methyl sites for hydroxylation is 1. The minimum absolute atomic E-state index is 0.547. The summed E-state index contributed by atoms with van der Waals surface area (Å²) in [6.45, 7) is 7.97. The molecule has 2 heteroatoms. The van der Waals surface area contributed by atoms with Crippen LogP contribution in [0, 0.1) is 11.8 Å². The zero-order chi connectivity index (χ0) is 13.7. The molecule has 0 bridgehead atoms. The van der Waals surface area contributed by atoms with Gasteiger partial charge in [-0.25, -0.2) is 0 Å². The Morgan fingerprint density at radius 3 is 2.37 bits per heavy atom. The lowest BCUT2D eigenvalue weighted by Gasteiger charge is -2.40. The largest absolute Gasteiger partial charge is 0.329 e. The van der Waals surface area contributed by atoms with Gasteiger partial charge in [0, 0.05) is 25.7 Å². The van der Waals surface area contributed by atoms with E-state index < -0.39 is 0 Å². The minimum Gasteiger partial charge on any atom is -0.329 e. The Hall–Kier alpha value is -0.860. The van der Waals surface area contributed by atoms with Crippen LogP contribution in [0.15, 0.2) is 30.3 Å². The molecule has 1 fully saturated rings. The predicted octanol–water partition coefficient (Wildman–Crippen LogP) is 2.92. The standard InChI is InChI=1S/C17H28N2/c1-14-10-15(2)13-19(12-14)17(11-18)9-8-16-6-4-3-5-7-16/h3-7,14-15,17H,8-13,18H2,1-2H3. The summed E-state index contributed by atoms with van der Waals surface area (Å²) >= 11 is 0. The average molecular weight is 260 g/mol. The van der Waals surface area contributed by atoms with Crippen LogP contribution in [0.5, 0.6) is 0 Å². The Bertz CT molecular complexity index is 353. The Kier molecular flexibility index (Phi) is 5.41. The second kappa shape index (κ2) is 7.06. The van der Waals surface area contributed by atoms with Crippen LogP contribution >= 0.6 is 0 Å². The van der Waals surface area contributed by atoms with Gasteiger partial charge in [-0.15, -0.1) is 0 Å². The van der Waals surface area contributed by atoms with Crippen molar-refractivity contribution >= 4 is 0 Å². The summed E-state index contributed by atoms with van der Waals surface area (Å²) in [4.78, 5) is 2.63. The molecule has 19 heavy (non-hydrogen) atoms. The van der Waals surface area contributed by atoms with Crippen LogP contribution in [0.25, 0.3) is 0 Å². The fourth-order valence-corrected chi connectivity index (χ4v) is 3.44. The van der Waals surface area contributed by atoms with Crippen LogP contribution < -0.4 is 5.73 Å². The first-order valence-electron chi connectivity index (χ1n) is 7.67.